The molecule has 2 heterocycles. The lowest BCUT2D eigenvalue weighted by molar-refractivity contribution is 0.669. The molecule has 12 rings (SSSR count). The number of benzene rings is 10. The molecular formula is C58H38N2O. The van der Waals surface area contributed by atoms with Gasteiger partial charge in [0.15, 0.2) is 0 Å². The van der Waals surface area contributed by atoms with E-state index in [0.29, 0.717) is 0 Å². The Morgan fingerprint density at radius 1 is 0.328 bits per heavy atom. The molecule has 0 fully saturated rings. The van der Waals surface area contributed by atoms with Gasteiger partial charge >= 0.3 is 0 Å². The number of fused-ring (bicyclic) bond motifs is 7. The number of anilines is 3. The molecule has 0 aliphatic carbocycles. The van der Waals surface area contributed by atoms with E-state index in [2.05, 4.69) is 240 Å². The van der Waals surface area contributed by atoms with E-state index in [0.717, 1.165) is 44.7 Å². The Morgan fingerprint density at radius 3 is 1.57 bits per heavy atom. The van der Waals surface area contributed by atoms with Gasteiger partial charge in [0, 0.05) is 33.2 Å². The standard InChI is InChI=1S/C58H38N2O/c1-3-13-39(14-4-1)40-27-31-45(32-28-40)59(46-33-29-41(30-34-46)44-26-25-43-17-11-20-48(51(43)37-44)42-15-5-2-6-16-42)47-35-36-56-52(38-47)58-55(23-12-24-57(58)61-56)60-53-21-9-7-18-49(53)50-19-8-10-22-54(50)60/h1-38H. The highest BCUT2D eigenvalue weighted by Gasteiger charge is 2.20. The van der Waals surface area contributed by atoms with Crippen molar-refractivity contribution in [3.8, 4) is 39.1 Å². The number of rotatable bonds is 7. The highest BCUT2D eigenvalue weighted by Crippen LogP contribution is 2.43. The molecule has 0 radical (unpaired) electrons. The van der Waals surface area contributed by atoms with Gasteiger partial charge in [0.25, 0.3) is 0 Å². The molecule has 0 N–H and O–H groups in total. The Kier molecular flexibility index (Phi) is 8.17. The Bertz CT molecular complexity index is 3510. The molecule has 2 aromatic heterocycles. The van der Waals surface area contributed by atoms with Crippen LogP contribution in [0, 0.1) is 0 Å². The molecule has 0 saturated heterocycles. The fourth-order valence-electron chi connectivity index (χ4n) is 9.31. The van der Waals surface area contributed by atoms with Crippen LogP contribution in [0.1, 0.15) is 0 Å². The minimum atomic E-state index is 0.855. The van der Waals surface area contributed by atoms with Crippen molar-refractivity contribution in [1.82, 2.24) is 4.57 Å². The summed E-state index contributed by atoms with van der Waals surface area (Å²) >= 11 is 0. The van der Waals surface area contributed by atoms with Crippen LogP contribution in [0.5, 0.6) is 0 Å². The van der Waals surface area contributed by atoms with Crippen molar-refractivity contribution in [1.29, 1.82) is 0 Å². The molecular weight excluding hydrogens is 741 g/mol. The fourth-order valence-corrected chi connectivity index (χ4v) is 9.31. The summed E-state index contributed by atoms with van der Waals surface area (Å²) in [6, 6.07) is 82.8. The summed E-state index contributed by atoms with van der Waals surface area (Å²) in [5.74, 6) is 0. The van der Waals surface area contributed by atoms with Crippen LogP contribution in [-0.4, -0.2) is 4.57 Å². The average Bonchev–Trinajstić information content (AvgIpc) is 3.88. The van der Waals surface area contributed by atoms with Crippen LogP contribution in [0.3, 0.4) is 0 Å². The molecule has 0 amide bonds. The summed E-state index contributed by atoms with van der Waals surface area (Å²) in [5, 5.41) is 7.10. The molecule has 0 unspecified atom stereocenters. The maximum absolute atomic E-state index is 6.63. The van der Waals surface area contributed by atoms with Crippen molar-refractivity contribution < 1.29 is 4.42 Å². The van der Waals surface area contributed by atoms with Crippen molar-refractivity contribution in [2.75, 3.05) is 4.90 Å². The zero-order valence-corrected chi connectivity index (χ0v) is 33.2. The summed E-state index contributed by atoms with van der Waals surface area (Å²) in [7, 11) is 0. The lowest BCUT2D eigenvalue weighted by Gasteiger charge is -2.26. The van der Waals surface area contributed by atoms with Gasteiger partial charge in [-0.2, -0.15) is 0 Å². The monoisotopic (exact) mass is 778 g/mol. The molecule has 12 aromatic rings. The fraction of sp³-hybridized carbons (Fsp3) is 0. The second kappa shape index (κ2) is 14.3. The second-order valence-corrected chi connectivity index (χ2v) is 15.7. The first-order chi connectivity index (χ1) is 30.2. The largest absolute Gasteiger partial charge is 0.456 e. The number of para-hydroxylation sites is 2. The van der Waals surface area contributed by atoms with E-state index >= 15 is 0 Å². The van der Waals surface area contributed by atoms with Crippen LogP contribution >= 0.6 is 0 Å². The van der Waals surface area contributed by atoms with Crippen LogP contribution in [-0.2, 0) is 0 Å². The quantitative estimate of drug-likeness (QED) is 0.161. The highest BCUT2D eigenvalue weighted by atomic mass is 16.3. The third-order valence-electron chi connectivity index (χ3n) is 12.2. The van der Waals surface area contributed by atoms with E-state index in [1.807, 2.05) is 0 Å². The Balaban J connectivity index is 1.01. The molecule has 0 saturated carbocycles. The van der Waals surface area contributed by atoms with Gasteiger partial charge in [-0.25, -0.2) is 0 Å². The lowest BCUT2D eigenvalue weighted by Crippen LogP contribution is -2.09. The zero-order valence-electron chi connectivity index (χ0n) is 33.2. The van der Waals surface area contributed by atoms with Crippen molar-refractivity contribution in [3.05, 3.63) is 231 Å². The maximum Gasteiger partial charge on any atom is 0.137 e. The summed E-state index contributed by atoms with van der Waals surface area (Å²) in [4.78, 5) is 2.35. The second-order valence-electron chi connectivity index (χ2n) is 15.7. The average molecular weight is 779 g/mol. The third kappa shape index (κ3) is 5.90. The summed E-state index contributed by atoms with van der Waals surface area (Å²) in [6.45, 7) is 0. The van der Waals surface area contributed by atoms with Gasteiger partial charge in [0.05, 0.1) is 22.1 Å². The van der Waals surface area contributed by atoms with Gasteiger partial charge in [0.2, 0.25) is 0 Å². The first kappa shape index (κ1) is 34.9. The first-order valence-electron chi connectivity index (χ1n) is 20.8. The van der Waals surface area contributed by atoms with Gasteiger partial charge < -0.3 is 13.9 Å². The van der Waals surface area contributed by atoms with Crippen LogP contribution in [0.4, 0.5) is 17.1 Å². The highest BCUT2D eigenvalue weighted by molar-refractivity contribution is 6.15. The van der Waals surface area contributed by atoms with E-state index in [4.69, 9.17) is 4.42 Å². The van der Waals surface area contributed by atoms with Crippen LogP contribution < -0.4 is 4.90 Å². The minimum absolute atomic E-state index is 0.855. The Morgan fingerprint density at radius 2 is 0.885 bits per heavy atom. The summed E-state index contributed by atoms with van der Waals surface area (Å²) in [5.41, 5.74) is 15.5. The van der Waals surface area contributed by atoms with E-state index < -0.39 is 0 Å². The molecule has 0 bridgehead atoms. The third-order valence-corrected chi connectivity index (χ3v) is 12.2. The van der Waals surface area contributed by atoms with Crippen molar-refractivity contribution in [3.63, 3.8) is 0 Å². The predicted octanol–water partition coefficient (Wildman–Crippen LogP) is 16.3. The summed E-state index contributed by atoms with van der Waals surface area (Å²) in [6.07, 6.45) is 0. The van der Waals surface area contributed by atoms with Gasteiger partial charge in [-0.15, -0.1) is 0 Å². The first-order valence-corrected chi connectivity index (χ1v) is 20.8. The molecule has 0 spiro atoms. The number of hydrogen-bond acceptors (Lipinski definition) is 2. The van der Waals surface area contributed by atoms with Gasteiger partial charge in [0.1, 0.15) is 11.2 Å². The van der Waals surface area contributed by atoms with Crippen molar-refractivity contribution >= 4 is 71.6 Å². The van der Waals surface area contributed by atoms with E-state index in [9.17, 15) is 0 Å². The molecule has 61 heavy (non-hydrogen) atoms. The SMILES string of the molecule is c1ccc(-c2ccc(N(c3ccc(-c4ccc5cccc(-c6ccccc6)c5c4)cc3)c3ccc4oc5cccc(-n6c7ccccc7c7ccccc76)c5c4c3)cc2)cc1. The molecule has 286 valence electrons. The van der Waals surface area contributed by atoms with Gasteiger partial charge in [-0.05, 0) is 117 Å². The zero-order chi connectivity index (χ0) is 40.3. The van der Waals surface area contributed by atoms with Gasteiger partial charge in [-0.1, -0.05) is 158 Å². The predicted molar refractivity (Wildman–Crippen MR) is 257 cm³/mol. The van der Waals surface area contributed by atoms with Crippen molar-refractivity contribution in [2.45, 2.75) is 0 Å². The minimum Gasteiger partial charge on any atom is -0.456 e. The Hall–Kier alpha value is -8.14. The molecule has 3 heteroatoms. The molecule has 0 aliphatic rings. The topological polar surface area (TPSA) is 21.3 Å². The van der Waals surface area contributed by atoms with E-state index in [1.165, 1.54) is 66.0 Å². The molecule has 3 nitrogen and oxygen atoms in total. The van der Waals surface area contributed by atoms with Gasteiger partial charge in [-0.3, -0.25) is 0 Å². The lowest BCUT2D eigenvalue weighted by atomic mass is 9.95. The number of nitrogens with zero attached hydrogens (tertiary/aromatic N) is 2. The van der Waals surface area contributed by atoms with E-state index in [-0.39, 0.29) is 0 Å². The van der Waals surface area contributed by atoms with Crippen LogP contribution in [0.25, 0.3) is 93.6 Å². The summed E-state index contributed by atoms with van der Waals surface area (Å²) < 4.78 is 9.02. The number of aromatic nitrogens is 1. The Labute approximate surface area is 353 Å². The number of hydrogen-bond donors (Lipinski definition) is 0. The van der Waals surface area contributed by atoms with Crippen LogP contribution in [0.15, 0.2) is 235 Å². The van der Waals surface area contributed by atoms with E-state index in [1.54, 1.807) is 0 Å². The number of furan rings is 1. The normalized spacial score (nSPS) is 11.6. The van der Waals surface area contributed by atoms with Crippen LogP contribution in [0.2, 0.25) is 0 Å². The maximum atomic E-state index is 6.63. The molecule has 0 aliphatic heterocycles. The molecule has 0 atom stereocenters. The smallest absolute Gasteiger partial charge is 0.137 e. The van der Waals surface area contributed by atoms with Crippen molar-refractivity contribution in [2.24, 2.45) is 0 Å². The molecule has 10 aromatic carbocycles.